The van der Waals surface area contributed by atoms with Gasteiger partial charge in [-0.2, -0.15) is 0 Å². The van der Waals surface area contributed by atoms with E-state index in [1.165, 1.54) is 0 Å². The van der Waals surface area contributed by atoms with Gasteiger partial charge in [0.05, 0.1) is 8.95 Å². The lowest BCUT2D eigenvalue weighted by molar-refractivity contribution is -0.137. The molecule has 0 aliphatic carbocycles. The summed E-state index contributed by atoms with van der Waals surface area (Å²) in [6.45, 7) is 4.07. The summed E-state index contributed by atoms with van der Waals surface area (Å²) in [7, 11) is 0. The molecule has 0 radical (unpaired) electrons. The third-order valence-corrected chi connectivity index (χ3v) is 11.9. The Morgan fingerprint density at radius 2 is 1.48 bits per heavy atom. The third-order valence-electron chi connectivity index (χ3n) is 10.7. The van der Waals surface area contributed by atoms with Gasteiger partial charge in [-0.1, -0.05) is 18.2 Å². The first kappa shape index (κ1) is 47.3. The summed E-state index contributed by atoms with van der Waals surface area (Å²) in [4.78, 5) is 85.6. The van der Waals surface area contributed by atoms with Gasteiger partial charge in [0.1, 0.15) is 17.8 Å². The Bertz CT molecular complexity index is 2060. The number of aromatic nitrogens is 1. The number of unbranched alkanes of at least 4 members (excludes halogenated alkanes) is 1. The number of para-hydroxylation sites is 1. The number of phenols is 1. The molecule has 0 bridgehead atoms. The van der Waals surface area contributed by atoms with Crippen LogP contribution in [-0.4, -0.2) is 135 Å². The Morgan fingerprint density at radius 1 is 0.855 bits per heavy atom. The van der Waals surface area contributed by atoms with Crippen molar-refractivity contribution < 1.29 is 44.1 Å². The van der Waals surface area contributed by atoms with Crippen molar-refractivity contribution in [2.75, 3.05) is 56.0 Å². The van der Waals surface area contributed by atoms with Crippen LogP contribution in [0.2, 0.25) is 0 Å². The molecule has 0 unspecified atom stereocenters. The van der Waals surface area contributed by atoms with E-state index in [-0.39, 0.29) is 30.2 Å². The van der Waals surface area contributed by atoms with E-state index in [9.17, 15) is 33.9 Å². The van der Waals surface area contributed by atoms with Crippen molar-refractivity contribution in [1.82, 2.24) is 30.3 Å². The number of pyridine rings is 1. The summed E-state index contributed by atoms with van der Waals surface area (Å²) in [6, 6.07) is 12.6. The summed E-state index contributed by atoms with van der Waals surface area (Å²) in [5, 5.41) is 34.9. The van der Waals surface area contributed by atoms with Crippen molar-refractivity contribution in [2.45, 2.75) is 63.2 Å². The van der Waals surface area contributed by atoms with Crippen LogP contribution in [0.5, 0.6) is 5.75 Å². The predicted octanol–water partition coefficient (Wildman–Crippen LogP) is 4.12. The van der Waals surface area contributed by atoms with Crippen molar-refractivity contribution in [3.63, 3.8) is 0 Å². The minimum atomic E-state index is -1.26. The molecule has 0 spiro atoms. The fourth-order valence-electron chi connectivity index (χ4n) is 7.44. The Labute approximate surface area is 375 Å². The largest absolute Gasteiger partial charge is 0.506 e. The maximum absolute atomic E-state index is 14.2. The topological polar surface area (TPSA) is 251 Å². The number of carboxylic acids is 2. The van der Waals surface area contributed by atoms with Crippen molar-refractivity contribution in [3.05, 3.63) is 93.1 Å². The number of nitrogens with two attached hydrogens (primary N) is 1. The number of nitrogens with one attached hydrogen (secondary N) is 3. The zero-order chi connectivity index (χ0) is 44.8. The molecule has 20 heteroatoms. The van der Waals surface area contributed by atoms with Gasteiger partial charge in [0.25, 0.3) is 0 Å². The normalized spacial score (nSPS) is 16.3. The molecule has 1 aromatic heterocycles. The second-order valence-corrected chi connectivity index (χ2v) is 16.6. The number of urea groups is 2. The number of carbonyl (C=O) groups is 6. The second-order valence-electron chi connectivity index (χ2n) is 14.9. The average molecular weight is 986 g/mol. The standard InChI is InChI=1S/C38H47Br2N9O5.C4H4O4/c39-29-21-25(22-30(40)34(29)50)23-33(45-37(53)48-15-10-28(11-16-48)49-24-26-5-1-2-6-31(26)44-38(49)54)35(51)43-32(7-3-4-12-41)36(52)47-19-17-46(18-20-47)27-8-13-42-14-9-27;5-3(6)1-2-4(7)8/h1-2,5-6,8-9,13-14,21-22,28,32-33,50H,3-4,7,10-12,15-20,23-24,41H2,(H,43,51)(H,44,54)(H,45,53);1-2H,(H,5,6)(H,7,8)/b;2-1+/t32-,33+;/m0./s1. The number of likely N-dealkylation sites (tertiary alicyclic amines) is 1. The SMILES string of the molecule is NCCCC[C@H](NC(=O)[C@@H](Cc1cc(Br)c(O)c(Br)c1)NC(=O)N1CCC(N2Cc3ccccc3NC2=O)CC1)C(=O)N1CCN(c2ccncc2)CC1.O=C(O)/C=C/C(=O)O. The molecule has 0 saturated carbocycles. The summed E-state index contributed by atoms with van der Waals surface area (Å²) in [5.74, 6) is -3.14. The molecule has 332 valence electrons. The van der Waals surface area contributed by atoms with E-state index < -0.39 is 36.0 Å². The molecule has 3 aliphatic heterocycles. The molecule has 2 saturated heterocycles. The first-order valence-electron chi connectivity index (χ1n) is 20.2. The quantitative estimate of drug-likeness (QED) is 0.0891. The number of hydrogen-bond acceptors (Lipinski definition) is 10. The maximum Gasteiger partial charge on any atom is 0.328 e. The lowest BCUT2D eigenvalue weighted by Gasteiger charge is -2.40. The van der Waals surface area contributed by atoms with Crippen molar-refractivity contribution in [2.24, 2.45) is 5.73 Å². The van der Waals surface area contributed by atoms with E-state index in [4.69, 9.17) is 15.9 Å². The van der Waals surface area contributed by atoms with E-state index in [0.717, 1.165) is 16.9 Å². The van der Waals surface area contributed by atoms with Crippen LogP contribution in [0.15, 0.2) is 82.0 Å². The molecule has 8 N–H and O–H groups in total. The number of piperazine rings is 1. The monoisotopic (exact) mass is 983 g/mol. The number of phenolic OH excluding ortho intramolecular Hbond substituents is 1. The number of rotatable bonds is 14. The Morgan fingerprint density at radius 3 is 2.10 bits per heavy atom. The molecule has 4 heterocycles. The highest BCUT2D eigenvalue weighted by molar-refractivity contribution is 9.11. The van der Waals surface area contributed by atoms with Crippen LogP contribution < -0.4 is 26.6 Å². The van der Waals surface area contributed by atoms with Crippen molar-refractivity contribution in [3.8, 4) is 5.75 Å². The number of nitrogens with zero attached hydrogens (tertiary/aromatic N) is 5. The molecule has 6 amide bonds. The zero-order valence-corrected chi connectivity index (χ0v) is 37.1. The lowest BCUT2D eigenvalue weighted by Crippen LogP contribution is -2.59. The summed E-state index contributed by atoms with van der Waals surface area (Å²) < 4.78 is 0.870. The smallest absolute Gasteiger partial charge is 0.328 e. The summed E-state index contributed by atoms with van der Waals surface area (Å²) in [5.41, 5.74) is 9.38. The van der Waals surface area contributed by atoms with Gasteiger partial charge < -0.3 is 56.6 Å². The molecular weight excluding hydrogens is 934 g/mol. The average Bonchev–Trinajstić information content (AvgIpc) is 3.27. The zero-order valence-electron chi connectivity index (χ0n) is 33.9. The van der Waals surface area contributed by atoms with E-state index >= 15 is 0 Å². The highest BCUT2D eigenvalue weighted by atomic mass is 79.9. The van der Waals surface area contributed by atoms with E-state index in [2.05, 4.69) is 57.7 Å². The Kier molecular flexibility index (Phi) is 17.5. The number of carbonyl (C=O) groups excluding carboxylic acids is 4. The fraction of sp³-hybridized carbons (Fsp3) is 0.405. The van der Waals surface area contributed by atoms with Gasteiger partial charge in [-0.15, -0.1) is 0 Å². The van der Waals surface area contributed by atoms with Gasteiger partial charge in [0.15, 0.2) is 0 Å². The van der Waals surface area contributed by atoms with Gasteiger partial charge in [-0.25, -0.2) is 19.2 Å². The van der Waals surface area contributed by atoms with Gasteiger partial charge in [-0.05, 0) is 112 Å². The number of benzene rings is 2. The predicted molar refractivity (Wildman–Crippen MR) is 237 cm³/mol. The number of carboxylic acid groups (broad SMARTS) is 2. The maximum atomic E-state index is 14.2. The summed E-state index contributed by atoms with van der Waals surface area (Å²) in [6.07, 6.45) is 7.65. The Hall–Kier alpha value is -5.73. The lowest BCUT2D eigenvalue weighted by atomic mass is 10.0. The first-order valence-corrected chi connectivity index (χ1v) is 21.8. The Balaban J connectivity index is 0.000000826. The summed E-state index contributed by atoms with van der Waals surface area (Å²) >= 11 is 6.74. The minimum absolute atomic E-state index is 0.0205. The van der Waals surface area contributed by atoms with Gasteiger partial charge in [0, 0.05) is 94.2 Å². The van der Waals surface area contributed by atoms with Crippen LogP contribution >= 0.6 is 31.9 Å². The second kappa shape index (κ2) is 22.9. The number of aromatic hydroxyl groups is 1. The number of hydrogen-bond donors (Lipinski definition) is 7. The van der Waals surface area contributed by atoms with Crippen LogP contribution in [0.3, 0.4) is 0 Å². The molecule has 2 fully saturated rings. The highest BCUT2D eigenvalue weighted by Crippen LogP contribution is 2.34. The number of fused-ring (bicyclic) bond motifs is 1. The molecule has 2 atom stereocenters. The molecule has 6 rings (SSSR count). The number of halogens is 2. The third kappa shape index (κ3) is 13.4. The van der Waals surface area contributed by atoms with Gasteiger partial charge in [-0.3, -0.25) is 14.6 Å². The van der Waals surface area contributed by atoms with E-state index in [1.807, 2.05) is 41.3 Å². The van der Waals surface area contributed by atoms with Crippen LogP contribution in [0, 0.1) is 0 Å². The van der Waals surface area contributed by atoms with Gasteiger partial charge >= 0.3 is 24.0 Å². The molecule has 18 nitrogen and oxygen atoms in total. The highest BCUT2D eigenvalue weighted by Gasteiger charge is 2.35. The van der Waals surface area contributed by atoms with Crippen molar-refractivity contribution >= 4 is 79.0 Å². The molecule has 62 heavy (non-hydrogen) atoms. The van der Waals surface area contributed by atoms with E-state index in [0.29, 0.717) is 111 Å². The van der Waals surface area contributed by atoms with Crippen LogP contribution in [0.4, 0.5) is 21.0 Å². The molecular formula is C42H51Br2N9O9. The van der Waals surface area contributed by atoms with Crippen LogP contribution in [0.25, 0.3) is 0 Å². The van der Waals surface area contributed by atoms with E-state index in [1.54, 1.807) is 34.3 Å². The van der Waals surface area contributed by atoms with Crippen molar-refractivity contribution in [1.29, 1.82) is 0 Å². The fourth-order valence-corrected chi connectivity index (χ4v) is 8.73. The van der Waals surface area contributed by atoms with Crippen LogP contribution in [-0.2, 0) is 32.1 Å². The van der Waals surface area contributed by atoms with Crippen LogP contribution in [0.1, 0.15) is 43.2 Å². The molecule has 3 aliphatic rings. The number of aliphatic carboxylic acids is 2. The first-order chi connectivity index (χ1) is 29.7. The van der Waals surface area contributed by atoms with Gasteiger partial charge in [0.2, 0.25) is 11.8 Å². The minimum Gasteiger partial charge on any atom is -0.506 e. The number of amides is 6. The molecule has 2 aromatic carbocycles. The molecule has 3 aromatic rings. The number of piperidine rings is 1. The number of anilines is 2.